The van der Waals surface area contributed by atoms with E-state index in [4.69, 9.17) is 23.7 Å². The standard InChI is InChI=1S/C28H29BrO7/c1-32-28-26(35-17-20-10-6-3-7-11-20)24(34-16-19-8-4-2-5-9-19)23(25(36-28)27(30)31)33-18-21-12-14-22(29)15-13-21/h2-15,23-26,28H,16-18H2,1H3,(H,30,31). The molecular weight excluding hydrogens is 528 g/mol. The minimum Gasteiger partial charge on any atom is -0.479 e. The predicted octanol–water partition coefficient (Wildman–Crippen LogP) is 4.96. The second kappa shape index (κ2) is 13.1. The fraction of sp³-hybridized carbons (Fsp3) is 0.321. The third-order valence-corrected chi connectivity index (χ3v) is 6.43. The lowest BCUT2D eigenvalue weighted by Crippen LogP contribution is -2.62. The number of halogens is 1. The van der Waals surface area contributed by atoms with E-state index in [9.17, 15) is 9.90 Å². The number of hydrogen-bond donors (Lipinski definition) is 1. The van der Waals surface area contributed by atoms with Crippen LogP contribution in [-0.4, -0.2) is 48.9 Å². The number of benzene rings is 3. The monoisotopic (exact) mass is 556 g/mol. The van der Waals surface area contributed by atoms with Gasteiger partial charge in [-0.2, -0.15) is 0 Å². The molecule has 1 saturated heterocycles. The Bertz CT molecular complexity index is 1080. The molecule has 0 aliphatic carbocycles. The molecule has 3 aromatic carbocycles. The lowest BCUT2D eigenvalue weighted by atomic mass is 9.97. The van der Waals surface area contributed by atoms with Crippen molar-refractivity contribution in [2.75, 3.05) is 7.11 Å². The predicted molar refractivity (Wildman–Crippen MR) is 136 cm³/mol. The molecule has 1 aliphatic heterocycles. The van der Waals surface area contributed by atoms with Gasteiger partial charge in [-0.3, -0.25) is 0 Å². The van der Waals surface area contributed by atoms with Gasteiger partial charge in [-0.25, -0.2) is 4.79 Å². The molecule has 1 heterocycles. The van der Waals surface area contributed by atoms with E-state index in [2.05, 4.69) is 15.9 Å². The Balaban J connectivity index is 1.60. The van der Waals surface area contributed by atoms with E-state index in [-0.39, 0.29) is 19.8 Å². The van der Waals surface area contributed by atoms with Crippen molar-refractivity contribution in [1.82, 2.24) is 0 Å². The normalized spacial score (nSPS) is 23.9. The van der Waals surface area contributed by atoms with Crippen LogP contribution in [0, 0.1) is 0 Å². The van der Waals surface area contributed by atoms with Crippen LogP contribution in [0.4, 0.5) is 0 Å². The molecule has 0 bridgehead atoms. The molecule has 0 aromatic heterocycles. The Morgan fingerprint density at radius 1 is 0.750 bits per heavy atom. The van der Waals surface area contributed by atoms with E-state index in [1.807, 2.05) is 84.9 Å². The number of ether oxygens (including phenoxy) is 5. The number of carbonyl (C=O) groups is 1. The molecule has 5 unspecified atom stereocenters. The molecule has 190 valence electrons. The summed E-state index contributed by atoms with van der Waals surface area (Å²) < 4.78 is 31.1. The van der Waals surface area contributed by atoms with Gasteiger partial charge in [-0.15, -0.1) is 0 Å². The highest BCUT2D eigenvalue weighted by atomic mass is 79.9. The number of methoxy groups -OCH3 is 1. The molecule has 0 spiro atoms. The highest BCUT2D eigenvalue weighted by molar-refractivity contribution is 9.10. The third-order valence-electron chi connectivity index (χ3n) is 5.90. The van der Waals surface area contributed by atoms with Crippen molar-refractivity contribution in [3.8, 4) is 0 Å². The first-order chi connectivity index (χ1) is 17.5. The van der Waals surface area contributed by atoms with E-state index in [0.29, 0.717) is 0 Å². The number of carboxylic acids is 1. The van der Waals surface area contributed by atoms with Crippen LogP contribution in [-0.2, 0) is 48.3 Å². The van der Waals surface area contributed by atoms with Crippen molar-refractivity contribution in [3.63, 3.8) is 0 Å². The van der Waals surface area contributed by atoms with Crippen LogP contribution in [0.2, 0.25) is 0 Å². The summed E-state index contributed by atoms with van der Waals surface area (Å²) in [6.07, 6.45) is -4.71. The van der Waals surface area contributed by atoms with Crippen LogP contribution in [0.1, 0.15) is 16.7 Å². The first-order valence-corrected chi connectivity index (χ1v) is 12.4. The summed E-state index contributed by atoms with van der Waals surface area (Å²) >= 11 is 3.42. The molecular formula is C28H29BrO7. The fourth-order valence-electron chi connectivity index (χ4n) is 4.05. The summed E-state index contributed by atoms with van der Waals surface area (Å²) in [5, 5.41) is 9.99. The zero-order valence-corrected chi connectivity index (χ0v) is 21.5. The van der Waals surface area contributed by atoms with Gasteiger partial charge in [0.25, 0.3) is 0 Å². The topological polar surface area (TPSA) is 83.5 Å². The first kappa shape index (κ1) is 26.5. The number of carboxylic acid groups (broad SMARTS) is 1. The highest BCUT2D eigenvalue weighted by Crippen LogP contribution is 2.31. The van der Waals surface area contributed by atoms with E-state index < -0.39 is 36.7 Å². The molecule has 0 amide bonds. The highest BCUT2D eigenvalue weighted by Gasteiger charge is 2.51. The molecule has 7 nitrogen and oxygen atoms in total. The van der Waals surface area contributed by atoms with Gasteiger partial charge >= 0.3 is 5.97 Å². The zero-order valence-electron chi connectivity index (χ0n) is 19.9. The molecule has 0 saturated carbocycles. The van der Waals surface area contributed by atoms with Crippen molar-refractivity contribution in [2.24, 2.45) is 0 Å². The molecule has 1 aliphatic rings. The van der Waals surface area contributed by atoms with Gasteiger partial charge in [-0.05, 0) is 28.8 Å². The molecule has 3 aromatic rings. The zero-order chi connectivity index (χ0) is 25.3. The Hall–Kier alpha value is -2.59. The smallest absolute Gasteiger partial charge is 0.335 e. The maximum Gasteiger partial charge on any atom is 0.335 e. The summed E-state index contributed by atoms with van der Waals surface area (Å²) in [7, 11) is 1.46. The van der Waals surface area contributed by atoms with Crippen molar-refractivity contribution in [2.45, 2.75) is 50.5 Å². The largest absolute Gasteiger partial charge is 0.479 e. The van der Waals surface area contributed by atoms with Crippen LogP contribution >= 0.6 is 15.9 Å². The minimum atomic E-state index is -1.30. The van der Waals surface area contributed by atoms with Crippen molar-refractivity contribution in [3.05, 3.63) is 106 Å². The van der Waals surface area contributed by atoms with Gasteiger partial charge < -0.3 is 28.8 Å². The summed E-state index contributed by atoms with van der Waals surface area (Å²) in [5.74, 6) is -1.16. The van der Waals surface area contributed by atoms with Crippen LogP contribution in [0.15, 0.2) is 89.4 Å². The average molecular weight is 557 g/mol. The second-order valence-corrected chi connectivity index (χ2v) is 9.34. The quantitative estimate of drug-likeness (QED) is 0.357. The number of hydrogen-bond acceptors (Lipinski definition) is 6. The van der Waals surface area contributed by atoms with Crippen LogP contribution in [0.5, 0.6) is 0 Å². The molecule has 1 N–H and O–H groups in total. The maximum absolute atomic E-state index is 12.2. The molecule has 5 atom stereocenters. The van der Waals surface area contributed by atoms with E-state index in [1.54, 1.807) is 0 Å². The Labute approximate surface area is 219 Å². The summed E-state index contributed by atoms with van der Waals surface area (Å²) in [6, 6.07) is 27.0. The van der Waals surface area contributed by atoms with Gasteiger partial charge in [0.2, 0.25) is 0 Å². The van der Waals surface area contributed by atoms with E-state index >= 15 is 0 Å². The number of aliphatic carboxylic acids is 1. The molecule has 1 fully saturated rings. The van der Waals surface area contributed by atoms with Crippen molar-refractivity contribution in [1.29, 1.82) is 0 Å². The minimum absolute atomic E-state index is 0.180. The second-order valence-electron chi connectivity index (χ2n) is 8.42. The summed E-state index contributed by atoms with van der Waals surface area (Å²) in [6.45, 7) is 0.702. The molecule has 4 rings (SSSR count). The SMILES string of the molecule is COC1OC(C(=O)O)C(OCc2ccc(Br)cc2)C(OCc2ccccc2)C1OCc1ccccc1. The van der Waals surface area contributed by atoms with E-state index in [1.165, 1.54) is 7.11 Å². The fourth-order valence-corrected chi connectivity index (χ4v) is 4.32. The Morgan fingerprint density at radius 2 is 1.22 bits per heavy atom. The average Bonchev–Trinajstić information content (AvgIpc) is 2.91. The van der Waals surface area contributed by atoms with Crippen molar-refractivity contribution < 1.29 is 33.6 Å². The van der Waals surface area contributed by atoms with Gasteiger partial charge in [-0.1, -0.05) is 88.7 Å². The third kappa shape index (κ3) is 7.00. The van der Waals surface area contributed by atoms with Gasteiger partial charge in [0.05, 0.1) is 19.8 Å². The molecule has 8 heteroatoms. The van der Waals surface area contributed by atoms with Gasteiger partial charge in [0.15, 0.2) is 12.4 Å². The molecule has 36 heavy (non-hydrogen) atoms. The lowest BCUT2D eigenvalue weighted by Gasteiger charge is -2.44. The van der Waals surface area contributed by atoms with Gasteiger partial charge in [0, 0.05) is 11.6 Å². The lowest BCUT2D eigenvalue weighted by molar-refractivity contribution is -0.314. The van der Waals surface area contributed by atoms with E-state index in [0.717, 1.165) is 21.2 Å². The Kier molecular flexibility index (Phi) is 9.63. The summed E-state index contributed by atoms with van der Waals surface area (Å²) in [4.78, 5) is 12.2. The number of rotatable bonds is 11. The van der Waals surface area contributed by atoms with Crippen LogP contribution in [0.3, 0.4) is 0 Å². The maximum atomic E-state index is 12.2. The summed E-state index contributed by atoms with van der Waals surface area (Å²) in [5.41, 5.74) is 2.79. The van der Waals surface area contributed by atoms with Crippen molar-refractivity contribution >= 4 is 21.9 Å². The Morgan fingerprint density at radius 3 is 1.72 bits per heavy atom. The van der Waals surface area contributed by atoms with Crippen LogP contribution < -0.4 is 0 Å². The first-order valence-electron chi connectivity index (χ1n) is 11.6. The molecule has 0 radical (unpaired) electrons. The van der Waals surface area contributed by atoms with Gasteiger partial charge in [0.1, 0.15) is 18.3 Å². The van der Waals surface area contributed by atoms with Crippen LogP contribution in [0.25, 0.3) is 0 Å².